The molecule has 1 amide bonds. The number of carbonyl (C=O) groups excluding carboxylic acids is 1. The first-order chi connectivity index (χ1) is 13.5. The Balaban J connectivity index is 1.87. The first-order valence-electron chi connectivity index (χ1n) is 8.41. The summed E-state index contributed by atoms with van der Waals surface area (Å²) in [4.78, 5) is 25.8. The van der Waals surface area contributed by atoms with Gasteiger partial charge in [0, 0.05) is 20.7 Å². The van der Waals surface area contributed by atoms with Crippen LogP contribution in [0.25, 0.3) is 21.2 Å². The van der Waals surface area contributed by atoms with Crippen LogP contribution in [0.4, 0.5) is 9.39 Å². The molecule has 0 unspecified atom stereocenters. The van der Waals surface area contributed by atoms with E-state index < -0.39 is 11.7 Å². The second-order valence-electron chi connectivity index (χ2n) is 6.10. The van der Waals surface area contributed by atoms with Crippen molar-refractivity contribution in [2.75, 3.05) is 5.32 Å². The molecule has 0 bridgehead atoms. The fourth-order valence-electron chi connectivity index (χ4n) is 2.89. The Morgan fingerprint density at radius 1 is 0.929 bits per heavy atom. The molecule has 0 spiro atoms. The lowest BCUT2D eigenvalue weighted by Crippen LogP contribution is -2.15. The number of halogens is 2. The van der Waals surface area contributed by atoms with Crippen LogP contribution in [-0.4, -0.2) is 5.91 Å². The summed E-state index contributed by atoms with van der Waals surface area (Å²) in [7, 11) is 0. The van der Waals surface area contributed by atoms with Gasteiger partial charge in [0.2, 0.25) is 0 Å². The average Bonchev–Trinajstić information content (AvgIpc) is 2.70. The molecular formula is C22H13ClFNO2S. The van der Waals surface area contributed by atoms with Crippen molar-refractivity contribution in [2.45, 2.75) is 0 Å². The van der Waals surface area contributed by atoms with Crippen molar-refractivity contribution in [2.24, 2.45) is 0 Å². The van der Waals surface area contributed by atoms with E-state index in [0.29, 0.717) is 32.1 Å². The molecule has 0 aliphatic rings. The average molecular weight is 410 g/mol. The van der Waals surface area contributed by atoms with Crippen molar-refractivity contribution in [1.29, 1.82) is 0 Å². The van der Waals surface area contributed by atoms with Gasteiger partial charge in [0.05, 0.1) is 5.56 Å². The fourth-order valence-corrected chi connectivity index (χ4v) is 4.10. The molecule has 0 saturated heterocycles. The van der Waals surface area contributed by atoms with Gasteiger partial charge in [0.15, 0.2) is 5.43 Å². The third-order valence-corrected chi connectivity index (χ3v) is 5.60. The molecule has 0 saturated carbocycles. The third kappa shape index (κ3) is 3.54. The molecule has 0 radical (unpaired) electrons. The van der Waals surface area contributed by atoms with E-state index in [4.69, 9.17) is 11.6 Å². The van der Waals surface area contributed by atoms with E-state index >= 15 is 0 Å². The highest BCUT2D eigenvalue weighted by Gasteiger charge is 2.17. The van der Waals surface area contributed by atoms with Gasteiger partial charge in [-0.1, -0.05) is 35.9 Å². The van der Waals surface area contributed by atoms with Crippen molar-refractivity contribution in [3.05, 3.63) is 99.4 Å². The lowest BCUT2D eigenvalue weighted by molar-refractivity contribution is 0.102. The molecule has 1 heterocycles. The van der Waals surface area contributed by atoms with Crippen molar-refractivity contribution >= 4 is 43.9 Å². The van der Waals surface area contributed by atoms with Gasteiger partial charge in [-0.3, -0.25) is 9.59 Å². The number of hydrogen-bond donors (Lipinski definition) is 1. The first kappa shape index (κ1) is 18.3. The zero-order valence-electron chi connectivity index (χ0n) is 14.4. The number of carbonyl (C=O) groups is 1. The largest absolute Gasteiger partial charge is 0.313 e. The number of anilines is 1. The van der Waals surface area contributed by atoms with E-state index in [2.05, 4.69) is 5.32 Å². The van der Waals surface area contributed by atoms with Crippen LogP contribution in [0, 0.1) is 5.82 Å². The van der Waals surface area contributed by atoms with Crippen LogP contribution in [0.3, 0.4) is 0 Å². The molecule has 4 aromatic rings. The lowest BCUT2D eigenvalue weighted by atomic mass is 10.1. The van der Waals surface area contributed by atoms with E-state index in [1.54, 1.807) is 36.4 Å². The highest BCUT2D eigenvalue weighted by atomic mass is 35.5. The van der Waals surface area contributed by atoms with Gasteiger partial charge >= 0.3 is 0 Å². The van der Waals surface area contributed by atoms with Crippen LogP contribution >= 0.6 is 22.9 Å². The maximum atomic E-state index is 13.2. The number of benzene rings is 3. The molecule has 28 heavy (non-hydrogen) atoms. The topological polar surface area (TPSA) is 46.2 Å². The molecule has 0 aliphatic carbocycles. The number of nitrogens with one attached hydrogen (secondary N) is 1. The number of amides is 1. The number of rotatable bonds is 3. The minimum absolute atomic E-state index is 0.175. The van der Waals surface area contributed by atoms with Crippen molar-refractivity contribution in [3.8, 4) is 11.1 Å². The minimum Gasteiger partial charge on any atom is -0.313 e. The summed E-state index contributed by atoms with van der Waals surface area (Å²) in [6.45, 7) is 0. The maximum absolute atomic E-state index is 13.2. The summed E-state index contributed by atoms with van der Waals surface area (Å²) in [6, 6.07) is 19.4. The zero-order valence-corrected chi connectivity index (χ0v) is 16.0. The molecule has 6 heteroatoms. The van der Waals surface area contributed by atoms with Gasteiger partial charge < -0.3 is 5.32 Å². The second-order valence-corrected chi connectivity index (χ2v) is 7.59. The normalized spacial score (nSPS) is 10.8. The molecule has 1 N–H and O–H groups in total. The van der Waals surface area contributed by atoms with E-state index in [1.165, 1.54) is 35.6 Å². The van der Waals surface area contributed by atoms with Gasteiger partial charge in [-0.05, 0) is 54.1 Å². The van der Waals surface area contributed by atoms with Crippen LogP contribution in [0.2, 0.25) is 5.02 Å². The Hall–Kier alpha value is -3.02. The number of fused-ring (bicyclic) bond motifs is 1. The Bertz CT molecular complexity index is 1230. The van der Waals surface area contributed by atoms with E-state index in [1.807, 2.05) is 12.1 Å². The third-order valence-electron chi connectivity index (χ3n) is 4.26. The SMILES string of the molecule is O=C(Nc1sc2ccccc2c(=O)c1-c1ccc(Cl)cc1)c1ccc(F)cc1. The molecular weight excluding hydrogens is 397 g/mol. The van der Waals surface area contributed by atoms with Crippen LogP contribution < -0.4 is 10.7 Å². The van der Waals surface area contributed by atoms with Gasteiger partial charge in [0.1, 0.15) is 10.8 Å². The second kappa shape index (κ2) is 7.54. The summed E-state index contributed by atoms with van der Waals surface area (Å²) in [5.74, 6) is -0.838. The molecule has 3 nitrogen and oxygen atoms in total. The van der Waals surface area contributed by atoms with Crippen molar-refractivity contribution < 1.29 is 9.18 Å². The molecule has 3 aromatic carbocycles. The molecule has 0 aliphatic heterocycles. The Kier molecular flexibility index (Phi) is 4.94. The van der Waals surface area contributed by atoms with Gasteiger partial charge in [0.25, 0.3) is 5.91 Å². The summed E-state index contributed by atoms with van der Waals surface area (Å²) < 4.78 is 13.9. The quantitative estimate of drug-likeness (QED) is 0.453. The fraction of sp³-hybridized carbons (Fsp3) is 0. The molecule has 0 atom stereocenters. The first-order valence-corrected chi connectivity index (χ1v) is 9.61. The van der Waals surface area contributed by atoms with Gasteiger partial charge in [-0.25, -0.2) is 4.39 Å². The van der Waals surface area contributed by atoms with Crippen molar-refractivity contribution in [3.63, 3.8) is 0 Å². The van der Waals surface area contributed by atoms with E-state index in [9.17, 15) is 14.0 Å². The lowest BCUT2D eigenvalue weighted by Gasteiger charge is -2.12. The summed E-state index contributed by atoms with van der Waals surface area (Å²) >= 11 is 7.29. The van der Waals surface area contributed by atoms with Crippen LogP contribution in [-0.2, 0) is 0 Å². The molecule has 4 rings (SSSR count). The Labute approximate surface area is 169 Å². The monoisotopic (exact) mass is 409 g/mol. The highest BCUT2D eigenvalue weighted by Crippen LogP contribution is 2.34. The summed E-state index contributed by atoms with van der Waals surface area (Å²) in [6.07, 6.45) is 0. The van der Waals surface area contributed by atoms with Gasteiger partial charge in [-0.15, -0.1) is 11.3 Å². The van der Waals surface area contributed by atoms with Gasteiger partial charge in [-0.2, -0.15) is 0 Å². The zero-order chi connectivity index (χ0) is 19.7. The predicted octanol–water partition coefficient (Wildman–Crippen LogP) is 5.97. The number of hydrogen-bond acceptors (Lipinski definition) is 3. The smallest absolute Gasteiger partial charge is 0.256 e. The predicted molar refractivity (Wildman–Crippen MR) is 113 cm³/mol. The van der Waals surface area contributed by atoms with Crippen LogP contribution in [0.5, 0.6) is 0 Å². The Morgan fingerprint density at radius 3 is 2.32 bits per heavy atom. The molecule has 1 aromatic heterocycles. The van der Waals surface area contributed by atoms with Crippen LogP contribution in [0.15, 0.2) is 77.6 Å². The minimum atomic E-state index is -0.422. The Morgan fingerprint density at radius 2 is 1.61 bits per heavy atom. The summed E-state index contributed by atoms with van der Waals surface area (Å²) in [5, 5.41) is 4.38. The van der Waals surface area contributed by atoms with Crippen LogP contribution in [0.1, 0.15) is 10.4 Å². The highest BCUT2D eigenvalue weighted by molar-refractivity contribution is 7.22. The van der Waals surface area contributed by atoms with E-state index in [0.717, 1.165) is 4.70 Å². The van der Waals surface area contributed by atoms with Crippen molar-refractivity contribution in [1.82, 2.24) is 0 Å². The van der Waals surface area contributed by atoms with E-state index in [-0.39, 0.29) is 5.43 Å². The standard InChI is InChI=1S/C22H13ClFNO2S/c23-15-9-5-13(6-10-15)19-20(26)17-3-1-2-4-18(17)28-22(19)25-21(27)14-7-11-16(24)12-8-14/h1-12H,(H,25,27). The molecule has 0 fully saturated rings. The summed E-state index contributed by atoms with van der Waals surface area (Å²) in [5.41, 5.74) is 1.18. The molecule has 138 valence electrons. The maximum Gasteiger partial charge on any atom is 0.256 e.